The van der Waals surface area contributed by atoms with Gasteiger partial charge in [0.1, 0.15) is 5.75 Å². The number of hydrogen-bond donors (Lipinski definition) is 1. The van der Waals surface area contributed by atoms with E-state index in [-0.39, 0.29) is 16.6 Å². The van der Waals surface area contributed by atoms with E-state index in [4.69, 9.17) is 5.73 Å². The summed E-state index contributed by atoms with van der Waals surface area (Å²) in [4.78, 5) is 10.7. The summed E-state index contributed by atoms with van der Waals surface area (Å²) in [6, 6.07) is 3.71. The molecule has 19 heavy (non-hydrogen) atoms. The molecular weight excluding hydrogens is 279 g/mol. The van der Waals surface area contributed by atoms with Crippen LogP contribution in [0.25, 0.3) is 6.08 Å². The zero-order valence-electron chi connectivity index (χ0n) is 10.0. The largest absolute Gasteiger partial charge is 0.573 e. The van der Waals surface area contributed by atoms with Crippen molar-refractivity contribution in [1.29, 1.82) is 0 Å². The molecule has 3 nitrogen and oxygen atoms in total. The molecule has 1 aromatic carbocycles. The number of anilines is 1. The zero-order valence-corrected chi connectivity index (χ0v) is 10.8. The second-order valence-electron chi connectivity index (χ2n) is 3.54. The van der Waals surface area contributed by atoms with E-state index in [1.165, 1.54) is 19.1 Å². The molecule has 0 amide bonds. The third-order valence-corrected chi connectivity index (χ3v) is 2.74. The molecule has 0 unspecified atom stereocenters. The third kappa shape index (κ3) is 6.19. The number of rotatable bonds is 4. The number of hydrogen-bond acceptors (Lipinski definition) is 4. The summed E-state index contributed by atoms with van der Waals surface area (Å²) in [5.74, 6) is 0.121. The van der Waals surface area contributed by atoms with Crippen LogP contribution in [0.5, 0.6) is 5.75 Å². The number of nitrogen functional groups attached to an aromatic ring is 1. The smallest absolute Gasteiger partial charge is 0.406 e. The predicted octanol–water partition coefficient (Wildman–Crippen LogP) is 3.46. The van der Waals surface area contributed by atoms with Crippen molar-refractivity contribution in [3.8, 4) is 5.75 Å². The molecule has 7 heteroatoms. The van der Waals surface area contributed by atoms with Gasteiger partial charge in [-0.15, -0.1) is 13.2 Å². The van der Waals surface area contributed by atoms with Gasteiger partial charge in [-0.25, -0.2) is 0 Å². The first-order chi connectivity index (χ1) is 8.78. The van der Waals surface area contributed by atoms with Crippen molar-refractivity contribution < 1.29 is 22.7 Å². The molecule has 0 aliphatic heterocycles. The van der Waals surface area contributed by atoms with Crippen LogP contribution < -0.4 is 10.5 Å². The van der Waals surface area contributed by atoms with Gasteiger partial charge in [0.05, 0.1) is 0 Å². The molecule has 0 heterocycles. The minimum Gasteiger partial charge on any atom is -0.406 e. The lowest BCUT2D eigenvalue weighted by Gasteiger charge is -2.10. The number of nitrogens with two attached hydrogens (primary N) is 1. The van der Waals surface area contributed by atoms with E-state index in [1.54, 1.807) is 12.2 Å². The lowest BCUT2D eigenvalue weighted by Crippen LogP contribution is -2.17. The molecule has 0 fully saturated rings. The van der Waals surface area contributed by atoms with Gasteiger partial charge in [-0.1, -0.05) is 23.9 Å². The number of halogens is 3. The summed E-state index contributed by atoms with van der Waals surface area (Å²) in [6.45, 7) is 1.45. The van der Waals surface area contributed by atoms with Crippen LogP contribution in [0.1, 0.15) is 12.5 Å². The molecule has 0 spiro atoms. The van der Waals surface area contributed by atoms with Crippen LogP contribution in [-0.4, -0.2) is 17.2 Å². The van der Waals surface area contributed by atoms with Crippen molar-refractivity contribution in [3.63, 3.8) is 0 Å². The summed E-state index contributed by atoms with van der Waals surface area (Å²) in [5.41, 5.74) is 6.35. The SMILES string of the molecule is CC(=O)SCC=Cc1ccc(OC(F)(F)F)cc1N. The van der Waals surface area contributed by atoms with Gasteiger partial charge in [0.25, 0.3) is 0 Å². The van der Waals surface area contributed by atoms with Gasteiger partial charge in [0.15, 0.2) is 5.12 Å². The summed E-state index contributed by atoms with van der Waals surface area (Å²) >= 11 is 1.13. The minimum absolute atomic E-state index is 0.00783. The van der Waals surface area contributed by atoms with Crippen molar-refractivity contribution in [3.05, 3.63) is 29.8 Å². The van der Waals surface area contributed by atoms with Crippen molar-refractivity contribution in [2.75, 3.05) is 11.5 Å². The number of carbonyl (C=O) groups excluding carboxylic acids is 1. The molecule has 104 valence electrons. The van der Waals surface area contributed by atoms with Gasteiger partial charge in [-0.2, -0.15) is 0 Å². The zero-order chi connectivity index (χ0) is 14.5. The van der Waals surface area contributed by atoms with E-state index < -0.39 is 6.36 Å². The summed E-state index contributed by atoms with van der Waals surface area (Å²) in [6.07, 6.45) is -1.38. The Bertz CT molecular complexity index is 486. The van der Waals surface area contributed by atoms with E-state index in [1.807, 2.05) is 0 Å². The second-order valence-corrected chi connectivity index (χ2v) is 4.74. The minimum atomic E-state index is -4.73. The fourth-order valence-corrected chi connectivity index (χ4v) is 1.67. The second kappa shape index (κ2) is 6.51. The van der Waals surface area contributed by atoms with Crippen LogP contribution in [0, 0.1) is 0 Å². The molecule has 0 bridgehead atoms. The molecule has 0 aliphatic rings. The van der Waals surface area contributed by atoms with Gasteiger partial charge in [-0.3, -0.25) is 4.79 Å². The van der Waals surface area contributed by atoms with Crippen molar-refractivity contribution in [2.45, 2.75) is 13.3 Å². The quantitative estimate of drug-likeness (QED) is 0.863. The van der Waals surface area contributed by atoms with Crippen LogP contribution in [0.2, 0.25) is 0 Å². The highest BCUT2D eigenvalue weighted by atomic mass is 32.2. The highest BCUT2D eigenvalue weighted by molar-refractivity contribution is 8.13. The number of thioether (sulfide) groups is 1. The van der Waals surface area contributed by atoms with Crippen molar-refractivity contribution >= 4 is 28.6 Å². The van der Waals surface area contributed by atoms with E-state index in [0.29, 0.717) is 11.3 Å². The fraction of sp³-hybridized carbons (Fsp3) is 0.250. The van der Waals surface area contributed by atoms with Crippen molar-refractivity contribution in [1.82, 2.24) is 0 Å². The standard InChI is InChI=1S/C12H12F3NO2S/c1-8(17)19-6-2-3-9-4-5-10(7-11(9)16)18-12(13,14)15/h2-5,7H,6,16H2,1H3. The fourth-order valence-electron chi connectivity index (χ4n) is 1.24. The topological polar surface area (TPSA) is 52.3 Å². The lowest BCUT2D eigenvalue weighted by molar-refractivity contribution is -0.274. The molecule has 0 atom stereocenters. The lowest BCUT2D eigenvalue weighted by atomic mass is 10.1. The van der Waals surface area contributed by atoms with E-state index in [0.717, 1.165) is 17.8 Å². The van der Waals surface area contributed by atoms with Crippen LogP contribution in [0.3, 0.4) is 0 Å². The summed E-state index contributed by atoms with van der Waals surface area (Å²) in [5, 5.41) is -0.00783. The predicted molar refractivity (Wildman–Crippen MR) is 69.7 cm³/mol. The maximum atomic E-state index is 12.0. The molecule has 0 aromatic heterocycles. The van der Waals surface area contributed by atoms with Crippen LogP contribution >= 0.6 is 11.8 Å². The van der Waals surface area contributed by atoms with E-state index in [9.17, 15) is 18.0 Å². The van der Waals surface area contributed by atoms with Crippen molar-refractivity contribution in [2.24, 2.45) is 0 Å². The highest BCUT2D eigenvalue weighted by Gasteiger charge is 2.31. The molecule has 1 rings (SSSR count). The van der Waals surface area contributed by atoms with Gasteiger partial charge in [0, 0.05) is 24.4 Å². The molecule has 2 N–H and O–H groups in total. The number of alkyl halides is 3. The Morgan fingerprint density at radius 2 is 2.16 bits per heavy atom. The summed E-state index contributed by atoms with van der Waals surface area (Å²) in [7, 11) is 0. The van der Waals surface area contributed by atoms with Crippen LogP contribution in [0.4, 0.5) is 18.9 Å². The van der Waals surface area contributed by atoms with Crippen LogP contribution in [0.15, 0.2) is 24.3 Å². The number of ether oxygens (including phenoxy) is 1. The average Bonchev–Trinajstić information content (AvgIpc) is 2.24. The first-order valence-electron chi connectivity index (χ1n) is 5.23. The molecule has 1 aromatic rings. The Hall–Kier alpha value is -1.63. The first kappa shape index (κ1) is 15.4. The van der Waals surface area contributed by atoms with Crippen LogP contribution in [-0.2, 0) is 4.79 Å². The molecule has 0 saturated carbocycles. The summed E-state index contributed by atoms with van der Waals surface area (Å²) < 4.78 is 39.7. The molecule has 0 saturated heterocycles. The van der Waals surface area contributed by atoms with E-state index >= 15 is 0 Å². The van der Waals surface area contributed by atoms with Gasteiger partial charge >= 0.3 is 6.36 Å². The Morgan fingerprint density at radius 3 is 2.68 bits per heavy atom. The molecule has 0 radical (unpaired) electrons. The molecular formula is C12H12F3NO2S. The third-order valence-electron chi connectivity index (χ3n) is 1.97. The monoisotopic (exact) mass is 291 g/mol. The van der Waals surface area contributed by atoms with Gasteiger partial charge < -0.3 is 10.5 Å². The Labute approximate surface area is 112 Å². The molecule has 0 aliphatic carbocycles. The Kier molecular flexibility index (Phi) is 5.29. The Morgan fingerprint density at radius 1 is 1.47 bits per heavy atom. The van der Waals surface area contributed by atoms with E-state index in [2.05, 4.69) is 4.74 Å². The number of benzene rings is 1. The highest BCUT2D eigenvalue weighted by Crippen LogP contribution is 2.26. The normalized spacial score (nSPS) is 11.8. The number of carbonyl (C=O) groups is 1. The first-order valence-corrected chi connectivity index (χ1v) is 6.21. The average molecular weight is 291 g/mol. The van der Waals surface area contributed by atoms with Gasteiger partial charge in [-0.05, 0) is 17.7 Å². The maximum Gasteiger partial charge on any atom is 0.573 e. The maximum absolute atomic E-state index is 12.0. The Balaban J connectivity index is 2.69. The van der Waals surface area contributed by atoms with Gasteiger partial charge in [0.2, 0.25) is 0 Å².